The fourth-order valence-electron chi connectivity index (χ4n) is 4.35. The first kappa shape index (κ1) is 28.4. The molecule has 4 rings (SSSR count). The van der Waals surface area contributed by atoms with Gasteiger partial charge in [-0.3, -0.25) is 9.10 Å². The van der Waals surface area contributed by atoms with Gasteiger partial charge in [-0.1, -0.05) is 17.7 Å². The minimum Gasteiger partial charge on any atom is -0.493 e. The molecule has 0 N–H and O–H groups in total. The van der Waals surface area contributed by atoms with E-state index in [4.69, 9.17) is 9.47 Å². The van der Waals surface area contributed by atoms with Gasteiger partial charge in [0.2, 0.25) is 15.9 Å². The van der Waals surface area contributed by atoms with E-state index in [2.05, 4.69) is 0 Å². The van der Waals surface area contributed by atoms with Crippen LogP contribution in [0.2, 0.25) is 0 Å². The Kier molecular flexibility index (Phi) is 7.92. The van der Waals surface area contributed by atoms with Gasteiger partial charge in [-0.2, -0.15) is 0 Å². The third kappa shape index (κ3) is 5.45. The molecule has 0 aliphatic carbocycles. The maximum absolute atomic E-state index is 13.8. The molecule has 0 spiro atoms. The molecular formula is C27H31N3O7S2. The number of aryl methyl sites for hydroxylation is 1. The minimum absolute atomic E-state index is 0.0380. The molecule has 3 aromatic rings. The summed E-state index contributed by atoms with van der Waals surface area (Å²) in [7, 11) is -1.96. The number of carbonyl (C=O) groups is 1. The molecule has 0 saturated heterocycles. The van der Waals surface area contributed by atoms with Crippen LogP contribution in [0.15, 0.2) is 70.5 Å². The molecule has 1 heterocycles. The average Bonchev–Trinajstić information content (AvgIpc) is 3.35. The highest BCUT2D eigenvalue weighted by Crippen LogP contribution is 2.35. The van der Waals surface area contributed by atoms with Gasteiger partial charge in [0.05, 0.1) is 29.7 Å². The van der Waals surface area contributed by atoms with Crippen molar-refractivity contribution in [3.8, 4) is 11.5 Å². The highest BCUT2D eigenvalue weighted by molar-refractivity contribution is 7.92. The summed E-state index contributed by atoms with van der Waals surface area (Å²) in [5, 5.41) is 0. The zero-order chi connectivity index (χ0) is 28.5. The number of benzene rings is 3. The highest BCUT2D eigenvalue weighted by Gasteiger charge is 2.33. The van der Waals surface area contributed by atoms with E-state index < -0.39 is 32.5 Å². The molecule has 3 aromatic carbocycles. The molecule has 0 atom stereocenters. The molecule has 0 radical (unpaired) electrons. The number of ether oxygens (including phenoxy) is 2. The molecule has 208 valence electrons. The molecule has 39 heavy (non-hydrogen) atoms. The Morgan fingerprint density at radius 2 is 1.49 bits per heavy atom. The number of anilines is 2. The molecule has 0 bridgehead atoms. The topological polar surface area (TPSA) is 114 Å². The fourth-order valence-corrected chi connectivity index (χ4v) is 6.71. The monoisotopic (exact) mass is 573 g/mol. The van der Waals surface area contributed by atoms with Crippen molar-refractivity contribution in [2.75, 3.05) is 50.6 Å². The van der Waals surface area contributed by atoms with Crippen molar-refractivity contribution in [3.05, 3.63) is 71.8 Å². The summed E-state index contributed by atoms with van der Waals surface area (Å²) in [5.74, 6) is 0.271. The van der Waals surface area contributed by atoms with E-state index in [0.29, 0.717) is 35.7 Å². The predicted molar refractivity (Wildman–Crippen MR) is 149 cm³/mol. The Hall–Kier alpha value is -3.61. The Morgan fingerprint density at radius 3 is 2.10 bits per heavy atom. The van der Waals surface area contributed by atoms with Gasteiger partial charge < -0.3 is 14.4 Å². The maximum Gasteiger partial charge on any atom is 0.264 e. The van der Waals surface area contributed by atoms with Crippen LogP contribution < -0.4 is 18.7 Å². The summed E-state index contributed by atoms with van der Waals surface area (Å²) in [5.41, 5.74) is 2.38. The van der Waals surface area contributed by atoms with Crippen molar-refractivity contribution in [2.24, 2.45) is 0 Å². The number of fused-ring (bicyclic) bond motifs is 1. The third-order valence-corrected chi connectivity index (χ3v) is 10.2. The summed E-state index contributed by atoms with van der Waals surface area (Å²) in [6.45, 7) is 1.67. The predicted octanol–water partition coefficient (Wildman–Crippen LogP) is 3.05. The Bertz CT molecular complexity index is 1600. The Labute approximate surface area is 229 Å². The molecule has 1 aliphatic heterocycles. The number of methoxy groups -OCH3 is 2. The van der Waals surface area contributed by atoms with Crippen molar-refractivity contribution < 1.29 is 31.1 Å². The van der Waals surface area contributed by atoms with Gasteiger partial charge >= 0.3 is 0 Å². The number of carbonyl (C=O) groups excluding carboxylic acids is 1. The largest absolute Gasteiger partial charge is 0.493 e. The fraction of sp³-hybridized carbons (Fsp3) is 0.296. The Balaban J connectivity index is 1.72. The number of hydrogen-bond acceptors (Lipinski definition) is 7. The smallest absolute Gasteiger partial charge is 0.264 e. The lowest BCUT2D eigenvalue weighted by Gasteiger charge is -2.27. The molecular weight excluding hydrogens is 542 g/mol. The van der Waals surface area contributed by atoms with Crippen LogP contribution >= 0.6 is 0 Å². The molecule has 0 fully saturated rings. The van der Waals surface area contributed by atoms with Gasteiger partial charge in [0.25, 0.3) is 10.0 Å². The molecule has 0 aromatic heterocycles. The second-order valence-corrected chi connectivity index (χ2v) is 13.3. The number of rotatable bonds is 9. The summed E-state index contributed by atoms with van der Waals surface area (Å²) >= 11 is 0. The normalized spacial score (nSPS) is 13.3. The van der Waals surface area contributed by atoms with E-state index >= 15 is 0 Å². The summed E-state index contributed by atoms with van der Waals surface area (Å²) < 4.78 is 65.6. The van der Waals surface area contributed by atoms with Crippen molar-refractivity contribution in [1.29, 1.82) is 0 Å². The summed E-state index contributed by atoms with van der Waals surface area (Å²) in [4.78, 5) is 15.3. The first-order chi connectivity index (χ1) is 18.4. The van der Waals surface area contributed by atoms with Gasteiger partial charge in [0.15, 0.2) is 11.5 Å². The van der Waals surface area contributed by atoms with Crippen molar-refractivity contribution in [1.82, 2.24) is 4.31 Å². The second kappa shape index (κ2) is 10.9. The SMILES string of the molecule is COc1ccc(N(CC(=O)N2CCc3cc(S(=O)(=O)N(C)C)ccc32)S(=O)(=O)c2ccc(C)cc2)cc1OC. The summed E-state index contributed by atoms with van der Waals surface area (Å²) in [6, 6.07) is 15.6. The maximum atomic E-state index is 13.8. The van der Waals surface area contributed by atoms with E-state index in [9.17, 15) is 21.6 Å². The van der Waals surface area contributed by atoms with Crippen LogP contribution in [-0.4, -0.2) is 68.5 Å². The van der Waals surface area contributed by atoms with Gasteiger partial charge in [-0.15, -0.1) is 0 Å². The van der Waals surface area contributed by atoms with E-state index in [1.807, 2.05) is 6.92 Å². The van der Waals surface area contributed by atoms with Crippen LogP contribution in [0, 0.1) is 6.92 Å². The standard InChI is InChI=1S/C27H31N3O7S2/c1-19-6-9-22(10-7-19)39(34,35)30(21-8-13-25(36-4)26(17-21)37-5)18-27(31)29-15-14-20-16-23(11-12-24(20)29)38(32,33)28(2)3/h6-13,16-17H,14-15,18H2,1-5H3. The van der Waals surface area contributed by atoms with Crippen LogP contribution in [0.25, 0.3) is 0 Å². The molecule has 12 heteroatoms. The molecule has 1 aliphatic rings. The minimum atomic E-state index is -4.15. The second-order valence-electron chi connectivity index (χ2n) is 9.24. The highest BCUT2D eigenvalue weighted by atomic mass is 32.2. The number of amides is 1. The van der Waals surface area contributed by atoms with Crippen LogP contribution in [0.4, 0.5) is 11.4 Å². The van der Waals surface area contributed by atoms with E-state index in [-0.39, 0.29) is 15.5 Å². The van der Waals surface area contributed by atoms with Crippen LogP contribution in [0.1, 0.15) is 11.1 Å². The van der Waals surface area contributed by atoms with Gasteiger partial charge in [0, 0.05) is 32.4 Å². The number of hydrogen-bond donors (Lipinski definition) is 0. The van der Waals surface area contributed by atoms with Crippen LogP contribution in [-0.2, 0) is 31.3 Å². The van der Waals surface area contributed by atoms with Crippen molar-refractivity contribution in [2.45, 2.75) is 23.1 Å². The van der Waals surface area contributed by atoms with E-state index in [0.717, 1.165) is 14.2 Å². The summed E-state index contributed by atoms with van der Waals surface area (Å²) in [6.07, 6.45) is 0.443. The number of sulfonamides is 2. The van der Waals surface area contributed by atoms with Gasteiger partial charge in [0.1, 0.15) is 6.54 Å². The zero-order valence-electron chi connectivity index (χ0n) is 22.4. The molecule has 0 saturated carbocycles. The van der Waals surface area contributed by atoms with Gasteiger partial charge in [-0.25, -0.2) is 21.1 Å². The lowest BCUT2D eigenvalue weighted by Crippen LogP contribution is -2.42. The van der Waals surface area contributed by atoms with Crippen molar-refractivity contribution >= 4 is 37.3 Å². The molecule has 1 amide bonds. The zero-order valence-corrected chi connectivity index (χ0v) is 24.0. The number of nitrogens with zero attached hydrogens (tertiary/aromatic N) is 3. The average molecular weight is 574 g/mol. The third-order valence-electron chi connectivity index (χ3n) is 6.57. The molecule has 0 unspecified atom stereocenters. The lowest BCUT2D eigenvalue weighted by atomic mass is 10.2. The quantitative estimate of drug-likeness (QED) is 0.387. The van der Waals surface area contributed by atoms with Gasteiger partial charge in [-0.05, 0) is 61.4 Å². The van der Waals surface area contributed by atoms with Crippen LogP contribution in [0.5, 0.6) is 11.5 Å². The first-order valence-corrected chi connectivity index (χ1v) is 15.0. The lowest BCUT2D eigenvalue weighted by molar-refractivity contribution is -0.117. The first-order valence-electron chi connectivity index (χ1n) is 12.1. The van der Waals surface area contributed by atoms with Crippen molar-refractivity contribution in [3.63, 3.8) is 0 Å². The van der Waals surface area contributed by atoms with E-state index in [1.165, 1.54) is 57.5 Å². The molecule has 10 nitrogen and oxygen atoms in total. The van der Waals surface area contributed by atoms with E-state index in [1.54, 1.807) is 36.4 Å². The van der Waals surface area contributed by atoms with Crippen LogP contribution in [0.3, 0.4) is 0 Å². The Morgan fingerprint density at radius 1 is 0.846 bits per heavy atom.